The normalized spacial score (nSPS) is 14.6. The van der Waals surface area contributed by atoms with Gasteiger partial charge in [0.05, 0.1) is 6.54 Å². The minimum Gasteiger partial charge on any atom is -0.357 e. The van der Waals surface area contributed by atoms with Crippen molar-refractivity contribution in [1.29, 1.82) is 0 Å². The van der Waals surface area contributed by atoms with Gasteiger partial charge in [-0.25, -0.2) is 9.38 Å². The maximum atomic E-state index is 12.8. The van der Waals surface area contributed by atoms with Gasteiger partial charge in [0.15, 0.2) is 5.96 Å². The summed E-state index contributed by atoms with van der Waals surface area (Å²) in [7, 11) is 0. The van der Waals surface area contributed by atoms with E-state index in [1.807, 2.05) is 0 Å². The van der Waals surface area contributed by atoms with E-state index in [2.05, 4.69) is 22.5 Å². The number of nitrogens with one attached hydrogen (secondary N) is 2. The minimum atomic E-state index is -0.206. The van der Waals surface area contributed by atoms with Crippen LogP contribution < -0.4 is 10.6 Å². The summed E-state index contributed by atoms with van der Waals surface area (Å²) in [4.78, 5) is 4.50. The molecule has 1 aromatic rings. The highest BCUT2D eigenvalue weighted by Crippen LogP contribution is 2.31. The maximum absolute atomic E-state index is 12.8. The number of nitrogens with zero attached hydrogens (tertiary/aromatic N) is 1. The summed E-state index contributed by atoms with van der Waals surface area (Å²) in [6, 6.07) is 6.48. The van der Waals surface area contributed by atoms with E-state index in [1.165, 1.54) is 31.4 Å². The van der Waals surface area contributed by atoms with E-state index in [0.29, 0.717) is 6.54 Å². The average Bonchev–Trinajstić information content (AvgIpc) is 3.22. The molecule has 1 aliphatic rings. The van der Waals surface area contributed by atoms with Crippen molar-refractivity contribution < 1.29 is 4.39 Å². The fourth-order valence-corrected chi connectivity index (χ4v) is 1.90. The Balaban J connectivity index is 0.00000200. The first-order chi connectivity index (χ1) is 9.28. The van der Waals surface area contributed by atoms with Gasteiger partial charge in [0.25, 0.3) is 0 Å². The molecule has 0 aromatic heterocycles. The monoisotopic (exact) mass is 391 g/mol. The molecule has 0 atom stereocenters. The second-order valence-electron chi connectivity index (χ2n) is 4.98. The van der Waals surface area contributed by atoms with E-state index in [-0.39, 0.29) is 29.8 Å². The number of hydrogen-bond donors (Lipinski definition) is 2. The summed E-state index contributed by atoms with van der Waals surface area (Å²) in [5, 5.41) is 6.56. The first kappa shape index (κ1) is 17.2. The fourth-order valence-electron chi connectivity index (χ4n) is 1.90. The lowest BCUT2D eigenvalue weighted by molar-refractivity contribution is 0.627. The third-order valence-electron chi connectivity index (χ3n) is 3.22. The second kappa shape index (κ2) is 9.15. The van der Waals surface area contributed by atoms with Crippen molar-refractivity contribution >= 4 is 29.9 Å². The van der Waals surface area contributed by atoms with E-state index in [9.17, 15) is 4.39 Å². The molecular formula is C15H23FIN3. The quantitative estimate of drug-likeness (QED) is 0.444. The molecular weight excluding hydrogens is 368 g/mol. The maximum Gasteiger partial charge on any atom is 0.191 e. The number of rotatable bonds is 6. The lowest BCUT2D eigenvalue weighted by atomic mass is 10.2. The topological polar surface area (TPSA) is 36.4 Å². The van der Waals surface area contributed by atoms with E-state index in [0.717, 1.165) is 30.5 Å². The van der Waals surface area contributed by atoms with Gasteiger partial charge in [-0.2, -0.15) is 0 Å². The SMILES string of the molecule is CCNC(=NCc1ccc(F)cc1)NCCC1CC1.I. The Hall–Kier alpha value is -0.850. The van der Waals surface area contributed by atoms with E-state index in [4.69, 9.17) is 0 Å². The molecule has 3 nitrogen and oxygen atoms in total. The lowest BCUT2D eigenvalue weighted by Crippen LogP contribution is -2.37. The Morgan fingerprint density at radius 1 is 1.25 bits per heavy atom. The smallest absolute Gasteiger partial charge is 0.191 e. The average molecular weight is 391 g/mol. The van der Waals surface area contributed by atoms with Gasteiger partial charge in [0.1, 0.15) is 5.82 Å². The minimum absolute atomic E-state index is 0. The van der Waals surface area contributed by atoms with Crippen LogP contribution in [0, 0.1) is 11.7 Å². The predicted octanol–water partition coefficient (Wildman–Crippen LogP) is 3.30. The number of hydrogen-bond acceptors (Lipinski definition) is 1. The van der Waals surface area contributed by atoms with Crippen LogP contribution in [0.4, 0.5) is 4.39 Å². The van der Waals surface area contributed by atoms with Gasteiger partial charge in [-0.15, -0.1) is 24.0 Å². The van der Waals surface area contributed by atoms with E-state index in [1.54, 1.807) is 12.1 Å². The lowest BCUT2D eigenvalue weighted by Gasteiger charge is -2.10. The molecule has 1 aromatic carbocycles. The van der Waals surface area contributed by atoms with Gasteiger partial charge in [0.2, 0.25) is 0 Å². The highest BCUT2D eigenvalue weighted by atomic mass is 127. The van der Waals surface area contributed by atoms with Gasteiger partial charge < -0.3 is 10.6 Å². The Morgan fingerprint density at radius 2 is 1.95 bits per heavy atom. The number of aliphatic imine (C=N–C) groups is 1. The zero-order chi connectivity index (χ0) is 13.5. The van der Waals surface area contributed by atoms with Crippen LogP contribution in [0.2, 0.25) is 0 Å². The van der Waals surface area contributed by atoms with Crippen molar-refractivity contribution in [3.8, 4) is 0 Å². The molecule has 0 spiro atoms. The van der Waals surface area contributed by atoms with E-state index < -0.39 is 0 Å². The summed E-state index contributed by atoms with van der Waals surface area (Å²) in [5.74, 6) is 1.56. The fraction of sp³-hybridized carbons (Fsp3) is 0.533. The van der Waals surface area contributed by atoms with Gasteiger partial charge >= 0.3 is 0 Å². The summed E-state index contributed by atoms with van der Waals surface area (Å²) in [6.45, 7) is 4.44. The number of halogens is 2. The van der Waals surface area contributed by atoms with Crippen molar-refractivity contribution in [3.05, 3.63) is 35.6 Å². The molecule has 1 saturated carbocycles. The first-order valence-electron chi connectivity index (χ1n) is 7.04. The molecule has 0 saturated heterocycles. The molecule has 112 valence electrons. The Labute approximate surface area is 137 Å². The molecule has 0 radical (unpaired) electrons. The molecule has 2 N–H and O–H groups in total. The summed E-state index contributed by atoms with van der Waals surface area (Å²) in [6.07, 6.45) is 3.98. The van der Waals surface area contributed by atoms with E-state index >= 15 is 0 Å². The Bertz CT molecular complexity index is 416. The van der Waals surface area contributed by atoms with Crippen LogP contribution in [0.25, 0.3) is 0 Å². The van der Waals surface area contributed by atoms with Crippen LogP contribution in [-0.2, 0) is 6.54 Å². The molecule has 1 aliphatic carbocycles. The van der Waals surface area contributed by atoms with Crippen molar-refractivity contribution in [2.75, 3.05) is 13.1 Å². The number of benzene rings is 1. The molecule has 0 aliphatic heterocycles. The summed E-state index contributed by atoms with van der Waals surface area (Å²) >= 11 is 0. The van der Waals surface area contributed by atoms with Crippen molar-refractivity contribution in [2.24, 2.45) is 10.9 Å². The van der Waals surface area contributed by atoms with Crippen LogP contribution in [0.1, 0.15) is 31.7 Å². The van der Waals surface area contributed by atoms with Gasteiger partial charge in [-0.05, 0) is 37.0 Å². The largest absolute Gasteiger partial charge is 0.357 e. The predicted molar refractivity (Wildman–Crippen MR) is 92.0 cm³/mol. The zero-order valence-corrected chi connectivity index (χ0v) is 14.2. The first-order valence-corrected chi connectivity index (χ1v) is 7.04. The second-order valence-corrected chi connectivity index (χ2v) is 4.98. The standard InChI is InChI=1S/C15H22FN3.HI/c1-2-17-15(18-10-9-12-3-4-12)19-11-13-5-7-14(16)8-6-13;/h5-8,12H,2-4,9-11H2,1H3,(H2,17,18,19);1H. The summed E-state index contributed by atoms with van der Waals surface area (Å²) < 4.78 is 12.8. The molecule has 2 rings (SSSR count). The van der Waals surface area contributed by atoms with Crippen LogP contribution in [0.15, 0.2) is 29.3 Å². The van der Waals surface area contributed by atoms with Crippen molar-refractivity contribution in [2.45, 2.75) is 32.7 Å². The van der Waals surface area contributed by atoms with Crippen LogP contribution in [0.5, 0.6) is 0 Å². The summed E-state index contributed by atoms with van der Waals surface area (Å²) in [5.41, 5.74) is 1.01. The van der Waals surface area contributed by atoms with Gasteiger partial charge in [-0.3, -0.25) is 0 Å². The van der Waals surface area contributed by atoms with Crippen molar-refractivity contribution in [3.63, 3.8) is 0 Å². The van der Waals surface area contributed by atoms with Crippen LogP contribution in [-0.4, -0.2) is 19.0 Å². The Morgan fingerprint density at radius 3 is 2.55 bits per heavy atom. The van der Waals surface area contributed by atoms with Crippen LogP contribution >= 0.6 is 24.0 Å². The third-order valence-corrected chi connectivity index (χ3v) is 3.22. The Kier molecular flexibility index (Phi) is 7.87. The molecule has 0 bridgehead atoms. The molecule has 20 heavy (non-hydrogen) atoms. The van der Waals surface area contributed by atoms with Gasteiger partial charge in [-0.1, -0.05) is 25.0 Å². The highest BCUT2D eigenvalue weighted by molar-refractivity contribution is 14.0. The molecule has 0 unspecified atom stereocenters. The molecule has 0 heterocycles. The molecule has 5 heteroatoms. The zero-order valence-electron chi connectivity index (χ0n) is 11.9. The molecule has 1 fully saturated rings. The van der Waals surface area contributed by atoms with Gasteiger partial charge in [0, 0.05) is 13.1 Å². The highest BCUT2D eigenvalue weighted by Gasteiger charge is 2.20. The van der Waals surface area contributed by atoms with Crippen molar-refractivity contribution in [1.82, 2.24) is 10.6 Å². The van der Waals surface area contributed by atoms with Crippen LogP contribution in [0.3, 0.4) is 0 Å². The third kappa shape index (κ3) is 6.54. The molecule has 0 amide bonds. The number of guanidine groups is 1.